The Bertz CT molecular complexity index is 787. The number of methoxy groups -OCH3 is 1. The van der Waals surface area contributed by atoms with Gasteiger partial charge in [-0.1, -0.05) is 30.3 Å². The largest absolute Gasteiger partial charge is 0.495 e. The molecule has 5 nitrogen and oxygen atoms in total. The zero-order chi connectivity index (χ0) is 19.9. The maximum Gasteiger partial charge on any atom is 0.241 e. The van der Waals surface area contributed by atoms with Crippen LogP contribution in [0.1, 0.15) is 31.7 Å². The predicted octanol–water partition coefficient (Wildman–Crippen LogP) is 4.14. The van der Waals surface area contributed by atoms with E-state index < -0.39 is 0 Å². The summed E-state index contributed by atoms with van der Waals surface area (Å²) in [6.45, 7) is 4.90. The zero-order valence-electron chi connectivity index (χ0n) is 17.1. The number of hydrogen-bond donors (Lipinski definition) is 1. The Morgan fingerprint density at radius 3 is 2.54 bits per heavy atom. The normalized spacial score (nSPS) is 15.4. The number of nitrogens with one attached hydrogen (secondary N) is 1. The van der Waals surface area contributed by atoms with Crippen molar-refractivity contribution >= 4 is 17.3 Å². The number of carbonyl (C=O) groups is 1. The zero-order valence-corrected chi connectivity index (χ0v) is 17.1. The molecule has 150 valence electrons. The summed E-state index contributed by atoms with van der Waals surface area (Å²) in [5.74, 6) is 0.628. The van der Waals surface area contributed by atoms with Crippen LogP contribution in [0.4, 0.5) is 11.4 Å². The van der Waals surface area contributed by atoms with Crippen molar-refractivity contribution in [2.75, 3.05) is 37.5 Å². The monoisotopic (exact) mass is 381 g/mol. The molecular weight excluding hydrogens is 350 g/mol. The van der Waals surface area contributed by atoms with Crippen LogP contribution in [0, 0.1) is 0 Å². The SMILES string of the molecule is COc1ccccc1NC(=O)C(C)N(C)Cc1ccccc1N1CCCCC1. The summed E-state index contributed by atoms with van der Waals surface area (Å²) in [6.07, 6.45) is 3.82. The quantitative estimate of drug-likeness (QED) is 0.783. The number of para-hydroxylation sites is 3. The molecule has 1 saturated heterocycles. The van der Waals surface area contributed by atoms with Gasteiger partial charge in [0.1, 0.15) is 5.75 Å². The second kappa shape index (κ2) is 9.60. The van der Waals surface area contributed by atoms with Gasteiger partial charge in [-0.2, -0.15) is 0 Å². The highest BCUT2D eigenvalue weighted by Gasteiger charge is 2.21. The van der Waals surface area contributed by atoms with Crippen LogP contribution in [-0.4, -0.2) is 44.1 Å². The van der Waals surface area contributed by atoms with Crippen LogP contribution in [-0.2, 0) is 11.3 Å². The number of piperidine rings is 1. The Morgan fingerprint density at radius 1 is 1.11 bits per heavy atom. The molecule has 1 heterocycles. The summed E-state index contributed by atoms with van der Waals surface area (Å²) in [5.41, 5.74) is 3.26. The number of nitrogens with zero attached hydrogens (tertiary/aromatic N) is 2. The highest BCUT2D eigenvalue weighted by molar-refractivity contribution is 5.95. The minimum absolute atomic E-state index is 0.0394. The van der Waals surface area contributed by atoms with Crippen molar-refractivity contribution in [3.63, 3.8) is 0 Å². The van der Waals surface area contributed by atoms with Gasteiger partial charge in [0.25, 0.3) is 0 Å². The van der Waals surface area contributed by atoms with Gasteiger partial charge >= 0.3 is 0 Å². The molecule has 1 aliphatic rings. The van der Waals surface area contributed by atoms with E-state index in [1.807, 2.05) is 38.2 Å². The van der Waals surface area contributed by atoms with E-state index in [4.69, 9.17) is 4.74 Å². The lowest BCUT2D eigenvalue weighted by Crippen LogP contribution is -2.39. The molecule has 2 aromatic carbocycles. The molecule has 1 aliphatic heterocycles. The van der Waals surface area contributed by atoms with Crippen molar-refractivity contribution in [1.29, 1.82) is 0 Å². The van der Waals surface area contributed by atoms with E-state index in [9.17, 15) is 4.79 Å². The molecule has 1 fully saturated rings. The maximum absolute atomic E-state index is 12.8. The van der Waals surface area contributed by atoms with Crippen molar-refractivity contribution in [3.8, 4) is 5.75 Å². The molecule has 28 heavy (non-hydrogen) atoms. The second-order valence-corrected chi connectivity index (χ2v) is 7.46. The molecular formula is C23H31N3O2. The van der Waals surface area contributed by atoms with Gasteiger partial charge in [0, 0.05) is 25.3 Å². The lowest BCUT2D eigenvalue weighted by molar-refractivity contribution is -0.120. The summed E-state index contributed by atoms with van der Waals surface area (Å²) in [6, 6.07) is 15.8. The first kappa shape index (κ1) is 20.2. The van der Waals surface area contributed by atoms with Gasteiger partial charge in [-0.3, -0.25) is 9.69 Å². The van der Waals surface area contributed by atoms with Crippen molar-refractivity contribution in [2.24, 2.45) is 0 Å². The van der Waals surface area contributed by atoms with E-state index in [2.05, 4.69) is 39.4 Å². The standard InChI is InChI=1S/C23H31N3O2/c1-18(23(27)24-20-12-6-8-14-22(20)28-3)25(2)17-19-11-5-7-13-21(19)26-15-9-4-10-16-26/h5-8,11-14,18H,4,9-10,15-17H2,1-3H3,(H,24,27). The number of hydrogen-bond acceptors (Lipinski definition) is 4. The first-order valence-electron chi connectivity index (χ1n) is 10.1. The van der Waals surface area contributed by atoms with Crippen molar-refractivity contribution in [1.82, 2.24) is 4.90 Å². The molecule has 3 rings (SSSR count). The molecule has 1 N–H and O–H groups in total. The molecule has 0 spiro atoms. The number of ether oxygens (including phenoxy) is 1. The Hall–Kier alpha value is -2.53. The fourth-order valence-electron chi connectivity index (χ4n) is 3.68. The molecule has 0 aliphatic carbocycles. The number of benzene rings is 2. The van der Waals surface area contributed by atoms with Crippen LogP contribution >= 0.6 is 0 Å². The van der Waals surface area contributed by atoms with Gasteiger partial charge in [0.2, 0.25) is 5.91 Å². The van der Waals surface area contributed by atoms with E-state index in [0.717, 1.165) is 19.6 Å². The third-order valence-corrected chi connectivity index (χ3v) is 5.51. The molecule has 5 heteroatoms. The maximum atomic E-state index is 12.8. The first-order valence-corrected chi connectivity index (χ1v) is 10.1. The lowest BCUT2D eigenvalue weighted by atomic mass is 10.1. The second-order valence-electron chi connectivity index (χ2n) is 7.46. The van der Waals surface area contributed by atoms with Crippen molar-refractivity contribution < 1.29 is 9.53 Å². The summed E-state index contributed by atoms with van der Waals surface area (Å²) in [4.78, 5) is 17.3. The Kier molecular flexibility index (Phi) is 6.93. The number of amides is 1. The van der Waals surface area contributed by atoms with E-state index in [1.165, 1.54) is 30.5 Å². The molecule has 0 aromatic heterocycles. The topological polar surface area (TPSA) is 44.8 Å². The van der Waals surface area contributed by atoms with Crippen LogP contribution in [0.15, 0.2) is 48.5 Å². The third kappa shape index (κ3) is 4.84. The molecule has 1 unspecified atom stereocenters. The highest BCUT2D eigenvalue weighted by atomic mass is 16.5. The lowest BCUT2D eigenvalue weighted by Gasteiger charge is -2.32. The number of anilines is 2. The molecule has 1 atom stereocenters. The van der Waals surface area contributed by atoms with E-state index in [0.29, 0.717) is 11.4 Å². The van der Waals surface area contributed by atoms with Gasteiger partial charge in [0.05, 0.1) is 18.8 Å². The van der Waals surface area contributed by atoms with Gasteiger partial charge in [-0.05, 0) is 57.0 Å². The van der Waals surface area contributed by atoms with Crippen LogP contribution in [0.2, 0.25) is 0 Å². The average molecular weight is 382 g/mol. The van der Waals surface area contributed by atoms with E-state index in [1.54, 1.807) is 7.11 Å². The summed E-state index contributed by atoms with van der Waals surface area (Å²) in [7, 11) is 3.61. The molecule has 0 bridgehead atoms. The Morgan fingerprint density at radius 2 is 1.79 bits per heavy atom. The van der Waals surface area contributed by atoms with Gasteiger partial charge in [0.15, 0.2) is 0 Å². The predicted molar refractivity (Wildman–Crippen MR) is 115 cm³/mol. The molecule has 0 saturated carbocycles. The smallest absolute Gasteiger partial charge is 0.241 e. The Labute approximate surface area is 168 Å². The molecule has 0 radical (unpaired) electrons. The average Bonchev–Trinajstić information content (AvgIpc) is 2.74. The minimum Gasteiger partial charge on any atom is -0.495 e. The Balaban J connectivity index is 1.67. The number of carbonyl (C=O) groups excluding carboxylic acids is 1. The summed E-state index contributed by atoms with van der Waals surface area (Å²) in [5, 5.41) is 2.99. The van der Waals surface area contributed by atoms with Crippen LogP contribution in [0.3, 0.4) is 0 Å². The van der Waals surface area contributed by atoms with E-state index in [-0.39, 0.29) is 11.9 Å². The minimum atomic E-state index is -0.265. The van der Waals surface area contributed by atoms with Crippen molar-refractivity contribution in [3.05, 3.63) is 54.1 Å². The third-order valence-electron chi connectivity index (χ3n) is 5.51. The summed E-state index contributed by atoms with van der Waals surface area (Å²) < 4.78 is 5.33. The van der Waals surface area contributed by atoms with Gasteiger partial charge < -0.3 is 15.0 Å². The van der Waals surface area contributed by atoms with Crippen LogP contribution in [0.25, 0.3) is 0 Å². The van der Waals surface area contributed by atoms with Gasteiger partial charge in [-0.15, -0.1) is 0 Å². The van der Waals surface area contributed by atoms with Crippen LogP contribution < -0.4 is 15.0 Å². The fourth-order valence-corrected chi connectivity index (χ4v) is 3.68. The van der Waals surface area contributed by atoms with Crippen molar-refractivity contribution in [2.45, 2.75) is 38.8 Å². The van der Waals surface area contributed by atoms with Gasteiger partial charge in [-0.25, -0.2) is 0 Å². The first-order chi connectivity index (χ1) is 13.6. The number of rotatable bonds is 7. The van der Waals surface area contributed by atoms with E-state index >= 15 is 0 Å². The number of likely N-dealkylation sites (N-methyl/N-ethyl adjacent to an activating group) is 1. The van der Waals surface area contributed by atoms with Crippen LogP contribution in [0.5, 0.6) is 5.75 Å². The molecule has 2 aromatic rings. The summed E-state index contributed by atoms with van der Waals surface area (Å²) >= 11 is 0. The highest BCUT2D eigenvalue weighted by Crippen LogP contribution is 2.26. The fraction of sp³-hybridized carbons (Fsp3) is 0.435. The molecule has 1 amide bonds.